The minimum Gasteiger partial charge on any atom is -0.484 e. The maximum absolute atomic E-state index is 10.8. The van der Waals surface area contributed by atoms with Gasteiger partial charge in [0.1, 0.15) is 5.75 Å². The van der Waals surface area contributed by atoms with Crippen LogP contribution >= 0.6 is 23.2 Å². The summed E-state index contributed by atoms with van der Waals surface area (Å²) in [7, 11) is 0. The van der Waals surface area contributed by atoms with E-state index >= 15 is 0 Å². The molecule has 1 unspecified atom stereocenters. The molecule has 7 nitrogen and oxygen atoms in total. The Morgan fingerprint density at radius 1 is 1.21 bits per heavy atom. The third-order valence-corrected chi connectivity index (χ3v) is 4.21. The second kappa shape index (κ2) is 11.5. The van der Waals surface area contributed by atoms with Crippen LogP contribution in [-0.2, 0) is 11.3 Å². The lowest BCUT2D eigenvalue weighted by Crippen LogP contribution is -2.39. The van der Waals surface area contributed by atoms with Gasteiger partial charge in [0, 0.05) is 23.1 Å². The van der Waals surface area contributed by atoms with Gasteiger partial charge in [-0.15, -0.1) is 0 Å². The van der Waals surface area contributed by atoms with E-state index in [4.69, 9.17) is 33.7 Å². The number of nitrogens with zero attached hydrogens (tertiary/aromatic N) is 1. The summed E-state index contributed by atoms with van der Waals surface area (Å²) in [6.45, 7) is 3.03. The summed E-state index contributed by atoms with van der Waals surface area (Å²) < 4.78 is 5.30. The molecule has 0 saturated heterocycles. The SMILES string of the molecule is CCNC(=NCc1cccc(OCC(N)=O)c1)NCC(O)c1cc(Cl)cc(Cl)c1. The average molecular weight is 439 g/mol. The van der Waals surface area contributed by atoms with Gasteiger partial charge in [0.05, 0.1) is 12.6 Å². The first kappa shape index (κ1) is 22.8. The largest absolute Gasteiger partial charge is 0.484 e. The molecule has 0 bridgehead atoms. The fourth-order valence-electron chi connectivity index (χ4n) is 2.48. The molecule has 5 N–H and O–H groups in total. The van der Waals surface area contributed by atoms with Gasteiger partial charge in [-0.3, -0.25) is 4.79 Å². The second-order valence-corrected chi connectivity index (χ2v) is 7.07. The molecule has 2 aromatic rings. The van der Waals surface area contributed by atoms with E-state index in [9.17, 15) is 9.90 Å². The fourth-order valence-corrected chi connectivity index (χ4v) is 3.02. The van der Waals surface area contributed by atoms with Gasteiger partial charge in [-0.25, -0.2) is 4.99 Å². The molecule has 0 aromatic heterocycles. The molecule has 0 aliphatic heterocycles. The average Bonchev–Trinajstić information content (AvgIpc) is 2.68. The molecular weight excluding hydrogens is 415 g/mol. The summed E-state index contributed by atoms with van der Waals surface area (Å²) >= 11 is 12.0. The number of nitrogens with one attached hydrogen (secondary N) is 2. The van der Waals surface area contributed by atoms with E-state index in [2.05, 4.69) is 15.6 Å². The van der Waals surface area contributed by atoms with Crippen LogP contribution in [0.3, 0.4) is 0 Å². The smallest absolute Gasteiger partial charge is 0.255 e. The molecule has 0 saturated carbocycles. The lowest BCUT2D eigenvalue weighted by atomic mass is 10.1. The molecule has 1 atom stereocenters. The number of aliphatic hydroxyl groups excluding tert-OH is 1. The zero-order valence-electron chi connectivity index (χ0n) is 16.0. The molecule has 156 valence electrons. The van der Waals surface area contributed by atoms with Gasteiger partial charge in [0.25, 0.3) is 5.91 Å². The standard InChI is InChI=1S/C20H24Cl2N4O3/c1-2-24-20(26-11-18(27)14-7-15(21)9-16(22)8-14)25-10-13-4-3-5-17(6-13)29-12-19(23)28/h3-9,18,27H,2,10-12H2,1H3,(H2,23,28)(H2,24,25,26). The van der Waals surface area contributed by atoms with Crippen molar-refractivity contribution in [3.05, 3.63) is 63.6 Å². The van der Waals surface area contributed by atoms with Crippen LogP contribution in [-0.4, -0.2) is 36.7 Å². The number of carbonyl (C=O) groups excluding carboxylic acids is 1. The van der Waals surface area contributed by atoms with Crippen molar-refractivity contribution < 1.29 is 14.6 Å². The number of primary amides is 1. The van der Waals surface area contributed by atoms with Crippen molar-refractivity contribution in [3.63, 3.8) is 0 Å². The van der Waals surface area contributed by atoms with Gasteiger partial charge in [-0.05, 0) is 48.4 Å². The number of nitrogens with two attached hydrogens (primary N) is 1. The summed E-state index contributed by atoms with van der Waals surface area (Å²) in [5, 5.41) is 17.5. The molecule has 0 fully saturated rings. The van der Waals surface area contributed by atoms with Crippen molar-refractivity contribution in [1.82, 2.24) is 10.6 Å². The zero-order valence-corrected chi connectivity index (χ0v) is 17.5. The molecule has 29 heavy (non-hydrogen) atoms. The van der Waals surface area contributed by atoms with E-state index in [-0.39, 0.29) is 13.2 Å². The number of guanidine groups is 1. The van der Waals surface area contributed by atoms with Crippen LogP contribution in [0.15, 0.2) is 47.5 Å². The molecule has 1 amide bonds. The number of benzene rings is 2. The molecule has 0 radical (unpaired) electrons. The highest BCUT2D eigenvalue weighted by atomic mass is 35.5. The number of hydrogen-bond acceptors (Lipinski definition) is 4. The Morgan fingerprint density at radius 2 is 1.93 bits per heavy atom. The van der Waals surface area contributed by atoms with Crippen LogP contribution in [0, 0.1) is 0 Å². The number of halogens is 2. The number of carbonyl (C=O) groups is 1. The van der Waals surface area contributed by atoms with E-state index < -0.39 is 12.0 Å². The Hall–Kier alpha value is -2.48. The number of hydrogen-bond donors (Lipinski definition) is 4. The number of ether oxygens (including phenoxy) is 1. The van der Waals surface area contributed by atoms with Crippen LogP contribution in [0.1, 0.15) is 24.2 Å². The normalized spacial score (nSPS) is 12.3. The maximum Gasteiger partial charge on any atom is 0.255 e. The van der Waals surface area contributed by atoms with Gasteiger partial charge < -0.3 is 26.2 Å². The van der Waals surface area contributed by atoms with Crippen molar-refractivity contribution in [2.75, 3.05) is 19.7 Å². The molecule has 0 spiro atoms. The minimum atomic E-state index is -0.805. The highest BCUT2D eigenvalue weighted by Gasteiger charge is 2.10. The summed E-state index contributed by atoms with van der Waals surface area (Å²) in [5.74, 6) is 0.553. The Bertz CT molecular complexity index is 841. The Kier molecular flexibility index (Phi) is 9.05. The molecule has 2 aromatic carbocycles. The summed E-state index contributed by atoms with van der Waals surface area (Å²) in [4.78, 5) is 15.3. The van der Waals surface area contributed by atoms with Crippen molar-refractivity contribution in [2.24, 2.45) is 10.7 Å². The van der Waals surface area contributed by atoms with E-state index in [0.29, 0.717) is 40.4 Å². The second-order valence-electron chi connectivity index (χ2n) is 6.20. The number of amides is 1. The summed E-state index contributed by atoms with van der Waals surface area (Å²) in [5.41, 5.74) is 6.60. The van der Waals surface area contributed by atoms with Crippen LogP contribution < -0.4 is 21.1 Å². The lowest BCUT2D eigenvalue weighted by molar-refractivity contribution is -0.119. The molecule has 0 aliphatic carbocycles. The Labute approximate surface area is 179 Å². The monoisotopic (exact) mass is 438 g/mol. The van der Waals surface area contributed by atoms with E-state index in [1.165, 1.54) is 0 Å². The van der Waals surface area contributed by atoms with Crippen molar-refractivity contribution in [1.29, 1.82) is 0 Å². The molecular formula is C20H24Cl2N4O3. The number of rotatable bonds is 9. The Balaban J connectivity index is 1.98. The zero-order chi connectivity index (χ0) is 21.2. The van der Waals surface area contributed by atoms with Crippen LogP contribution in [0.5, 0.6) is 5.75 Å². The lowest BCUT2D eigenvalue weighted by Gasteiger charge is -2.16. The van der Waals surface area contributed by atoms with Crippen molar-refractivity contribution >= 4 is 35.1 Å². The topological polar surface area (TPSA) is 109 Å². The number of aliphatic imine (C=N–C) groups is 1. The molecule has 0 aliphatic rings. The van der Waals surface area contributed by atoms with Crippen molar-refractivity contribution in [3.8, 4) is 5.75 Å². The first-order valence-electron chi connectivity index (χ1n) is 9.03. The van der Waals surface area contributed by atoms with Gasteiger partial charge in [0.15, 0.2) is 12.6 Å². The first-order valence-corrected chi connectivity index (χ1v) is 9.79. The van der Waals surface area contributed by atoms with Gasteiger partial charge in [-0.2, -0.15) is 0 Å². The van der Waals surface area contributed by atoms with Gasteiger partial charge in [-0.1, -0.05) is 35.3 Å². The quantitative estimate of drug-likeness (QED) is 0.355. The van der Waals surface area contributed by atoms with Gasteiger partial charge in [0.2, 0.25) is 0 Å². The van der Waals surface area contributed by atoms with E-state index in [1.54, 1.807) is 30.3 Å². The minimum absolute atomic E-state index is 0.178. The maximum atomic E-state index is 10.8. The van der Waals surface area contributed by atoms with Crippen molar-refractivity contribution in [2.45, 2.75) is 19.6 Å². The van der Waals surface area contributed by atoms with Crippen LogP contribution in [0.4, 0.5) is 0 Å². The predicted octanol–water partition coefficient (Wildman–Crippen LogP) is 2.65. The van der Waals surface area contributed by atoms with Crippen LogP contribution in [0.25, 0.3) is 0 Å². The fraction of sp³-hybridized carbons (Fsp3) is 0.300. The van der Waals surface area contributed by atoms with Crippen LogP contribution in [0.2, 0.25) is 10.0 Å². The van der Waals surface area contributed by atoms with Gasteiger partial charge >= 0.3 is 0 Å². The first-order chi connectivity index (χ1) is 13.9. The van der Waals surface area contributed by atoms with E-state index in [0.717, 1.165) is 5.56 Å². The van der Waals surface area contributed by atoms with E-state index in [1.807, 2.05) is 19.1 Å². The third kappa shape index (κ3) is 8.19. The summed E-state index contributed by atoms with van der Waals surface area (Å²) in [6.07, 6.45) is -0.805. The highest BCUT2D eigenvalue weighted by molar-refractivity contribution is 6.34. The third-order valence-electron chi connectivity index (χ3n) is 3.78. The predicted molar refractivity (Wildman–Crippen MR) is 115 cm³/mol. The number of aliphatic hydroxyl groups is 1. The molecule has 9 heteroatoms. The summed E-state index contributed by atoms with van der Waals surface area (Å²) in [6, 6.07) is 12.2. The molecule has 2 rings (SSSR count). The highest BCUT2D eigenvalue weighted by Crippen LogP contribution is 2.23. The molecule has 0 heterocycles. The Morgan fingerprint density at radius 3 is 2.59 bits per heavy atom.